The fourth-order valence-electron chi connectivity index (χ4n) is 1.36. The number of ether oxygens (including phenoxy) is 1. The summed E-state index contributed by atoms with van der Waals surface area (Å²) in [5, 5.41) is 0. The van der Waals surface area contributed by atoms with Crippen LogP contribution in [0, 0.1) is 0 Å². The lowest BCUT2D eigenvalue weighted by atomic mass is 10.1. The molecule has 15 heavy (non-hydrogen) atoms. The van der Waals surface area contributed by atoms with Gasteiger partial charge >= 0.3 is 5.97 Å². The summed E-state index contributed by atoms with van der Waals surface area (Å²) in [6.45, 7) is 3.69. The number of hydrogen-bond acceptors (Lipinski definition) is 2. The lowest BCUT2D eigenvalue weighted by Gasteiger charge is -2.10. The summed E-state index contributed by atoms with van der Waals surface area (Å²) >= 11 is 0. The first kappa shape index (κ1) is 11.7. The predicted molar refractivity (Wildman–Crippen MR) is 57.9 cm³/mol. The molecule has 1 rings (SSSR count). The van der Waals surface area contributed by atoms with Gasteiger partial charge in [0.05, 0.1) is 6.10 Å². The third-order valence-corrected chi connectivity index (χ3v) is 2.05. The molecule has 1 atom stereocenters. The molecule has 0 aliphatic carbocycles. The summed E-state index contributed by atoms with van der Waals surface area (Å²) in [4.78, 5) is 11.4. The van der Waals surface area contributed by atoms with Gasteiger partial charge in [-0.25, -0.2) is 0 Å². The van der Waals surface area contributed by atoms with E-state index in [2.05, 4.69) is 5.73 Å². The Kier molecular flexibility index (Phi) is 4.31. The molecule has 0 unspecified atom stereocenters. The van der Waals surface area contributed by atoms with Crippen molar-refractivity contribution in [3.05, 3.63) is 35.9 Å². The van der Waals surface area contributed by atoms with Gasteiger partial charge in [0.1, 0.15) is 12.5 Å². The van der Waals surface area contributed by atoms with Crippen LogP contribution >= 0.6 is 0 Å². The standard InChI is InChI=1S/C12H17NO2/c1-9(2)15-12(14)8-11(13)10-6-4-3-5-7-10/h3-7,9,11H,8,13H2,1-2H3/p+1/t11-/m1/s1. The molecule has 0 saturated heterocycles. The molecular formula is C12H18NO2+. The van der Waals surface area contributed by atoms with E-state index in [4.69, 9.17) is 4.74 Å². The summed E-state index contributed by atoms with van der Waals surface area (Å²) in [6, 6.07) is 9.75. The highest BCUT2D eigenvalue weighted by Crippen LogP contribution is 2.12. The average Bonchev–Trinajstić information content (AvgIpc) is 2.17. The third kappa shape index (κ3) is 4.13. The van der Waals surface area contributed by atoms with E-state index in [1.807, 2.05) is 44.2 Å². The summed E-state index contributed by atoms with van der Waals surface area (Å²) < 4.78 is 5.06. The van der Waals surface area contributed by atoms with Crippen molar-refractivity contribution in [1.82, 2.24) is 0 Å². The van der Waals surface area contributed by atoms with E-state index in [1.165, 1.54) is 0 Å². The van der Waals surface area contributed by atoms with Crippen molar-refractivity contribution >= 4 is 5.97 Å². The molecule has 0 aliphatic rings. The van der Waals surface area contributed by atoms with Gasteiger partial charge < -0.3 is 10.5 Å². The number of quaternary nitrogens is 1. The van der Waals surface area contributed by atoms with Gasteiger partial charge in [-0.15, -0.1) is 0 Å². The lowest BCUT2D eigenvalue weighted by molar-refractivity contribution is -0.425. The summed E-state index contributed by atoms with van der Waals surface area (Å²) in [5.74, 6) is -0.186. The molecule has 0 spiro atoms. The molecule has 0 heterocycles. The van der Waals surface area contributed by atoms with Crippen molar-refractivity contribution in [2.24, 2.45) is 0 Å². The highest BCUT2D eigenvalue weighted by Gasteiger charge is 2.16. The Morgan fingerprint density at radius 3 is 2.47 bits per heavy atom. The Bertz CT molecular complexity index is 309. The molecule has 0 radical (unpaired) electrons. The van der Waals surface area contributed by atoms with Crippen molar-refractivity contribution in [3.8, 4) is 0 Å². The first-order chi connectivity index (χ1) is 7.09. The van der Waals surface area contributed by atoms with Gasteiger partial charge in [-0.1, -0.05) is 30.3 Å². The molecule has 3 heteroatoms. The maximum Gasteiger partial charge on any atom is 0.312 e. The smallest absolute Gasteiger partial charge is 0.312 e. The van der Waals surface area contributed by atoms with Crippen LogP contribution < -0.4 is 5.73 Å². The molecule has 1 aromatic carbocycles. The van der Waals surface area contributed by atoms with Gasteiger partial charge in [0.25, 0.3) is 0 Å². The lowest BCUT2D eigenvalue weighted by Crippen LogP contribution is -2.54. The first-order valence-corrected chi connectivity index (χ1v) is 5.17. The molecule has 0 amide bonds. The van der Waals surface area contributed by atoms with Crippen molar-refractivity contribution in [1.29, 1.82) is 0 Å². The molecule has 82 valence electrons. The second-order valence-corrected chi connectivity index (χ2v) is 3.85. The SMILES string of the molecule is CC(C)OC(=O)C[C@@H]([NH3+])c1ccccc1. The zero-order valence-corrected chi connectivity index (χ0v) is 9.27. The Morgan fingerprint density at radius 2 is 1.93 bits per heavy atom. The highest BCUT2D eigenvalue weighted by atomic mass is 16.5. The van der Waals surface area contributed by atoms with Crippen LogP contribution in [0.2, 0.25) is 0 Å². The van der Waals surface area contributed by atoms with Crippen LogP contribution in [-0.2, 0) is 9.53 Å². The van der Waals surface area contributed by atoms with E-state index in [0.717, 1.165) is 5.56 Å². The number of carbonyl (C=O) groups is 1. The topological polar surface area (TPSA) is 53.9 Å². The van der Waals surface area contributed by atoms with Gasteiger partial charge in [0.2, 0.25) is 0 Å². The molecule has 3 N–H and O–H groups in total. The number of carbonyl (C=O) groups excluding carboxylic acids is 1. The van der Waals surface area contributed by atoms with Crippen molar-refractivity contribution in [2.45, 2.75) is 32.4 Å². The minimum Gasteiger partial charge on any atom is -0.463 e. The van der Waals surface area contributed by atoms with Crippen LogP contribution in [0.15, 0.2) is 30.3 Å². The first-order valence-electron chi connectivity index (χ1n) is 5.17. The quantitative estimate of drug-likeness (QED) is 0.758. The van der Waals surface area contributed by atoms with Crippen molar-refractivity contribution < 1.29 is 15.3 Å². The highest BCUT2D eigenvalue weighted by molar-refractivity contribution is 5.70. The summed E-state index contributed by atoms with van der Waals surface area (Å²) in [6.07, 6.45) is 0.280. The van der Waals surface area contributed by atoms with E-state index in [9.17, 15) is 4.79 Å². The van der Waals surface area contributed by atoms with Gasteiger partial charge in [0.15, 0.2) is 0 Å². The van der Waals surface area contributed by atoms with Crippen LogP contribution in [0.3, 0.4) is 0 Å². The predicted octanol–water partition coefficient (Wildman–Crippen LogP) is 1.31. The minimum atomic E-state index is -0.186. The van der Waals surface area contributed by atoms with Gasteiger partial charge in [-0.2, -0.15) is 0 Å². The average molecular weight is 208 g/mol. The second-order valence-electron chi connectivity index (χ2n) is 3.85. The van der Waals surface area contributed by atoms with Crippen molar-refractivity contribution in [2.75, 3.05) is 0 Å². The number of esters is 1. The molecular weight excluding hydrogens is 190 g/mol. The summed E-state index contributed by atoms with van der Waals surface area (Å²) in [7, 11) is 0. The van der Waals surface area contributed by atoms with Gasteiger partial charge in [0, 0.05) is 5.56 Å². The Balaban J connectivity index is 2.49. The molecule has 1 aromatic rings. The summed E-state index contributed by atoms with van der Waals surface area (Å²) in [5.41, 5.74) is 5.02. The van der Waals surface area contributed by atoms with Gasteiger partial charge in [-0.3, -0.25) is 4.79 Å². The Labute approximate surface area is 90.2 Å². The molecule has 0 aromatic heterocycles. The number of rotatable bonds is 4. The molecule has 0 fully saturated rings. The van der Waals surface area contributed by atoms with E-state index in [0.29, 0.717) is 6.42 Å². The zero-order valence-electron chi connectivity index (χ0n) is 9.27. The zero-order chi connectivity index (χ0) is 11.3. The normalized spacial score (nSPS) is 12.5. The Hall–Kier alpha value is -1.35. The molecule has 0 bridgehead atoms. The van der Waals surface area contributed by atoms with Crippen LogP contribution in [0.4, 0.5) is 0 Å². The molecule has 0 saturated carbocycles. The Morgan fingerprint density at radius 1 is 1.33 bits per heavy atom. The maximum absolute atomic E-state index is 11.4. The van der Waals surface area contributed by atoms with Crippen molar-refractivity contribution in [3.63, 3.8) is 0 Å². The number of benzene rings is 1. The van der Waals surface area contributed by atoms with E-state index >= 15 is 0 Å². The second kappa shape index (κ2) is 5.51. The van der Waals surface area contributed by atoms with E-state index < -0.39 is 0 Å². The van der Waals surface area contributed by atoms with Crippen LogP contribution in [0.1, 0.15) is 31.9 Å². The third-order valence-electron chi connectivity index (χ3n) is 2.05. The van der Waals surface area contributed by atoms with Crippen LogP contribution in [0.25, 0.3) is 0 Å². The van der Waals surface area contributed by atoms with E-state index in [-0.39, 0.29) is 18.1 Å². The van der Waals surface area contributed by atoms with E-state index in [1.54, 1.807) is 0 Å². The molecule has 0 aliphatic heterocycles. The maximum atomic E-state index is 11.4. The monoisotopic (exact) mass is 208 g/mol. The molecule has 3 nitrogen and oxygen atoms in total. The van der Waals surface area contributed by atoms with Gasteiger partial charge in [-0.05, 0) is 13.8 Å². The van der Waals surface area contributed by atoms with Crippen LogP contribution in [0.5, 0.6) is 0 Å². The fraction of sp³-hybridized carbons (Fsp3) is 0.417. The largest absolute Gasteiger partial charge is 0.463 e. The minimum absolute atomic E-state index is 0.0301. The van der Waals surface area contributed by atoms with Crippen LogP contribution in [-0.4, -0.2) is 12.1 Å². The number of hydrogen-bond donors (Lipinski definition) is 1. The fourth-order valence-corrected chi connectivity index (χ4v) is 1.36.